The van der Waals surface area contributed by atoms with Crippen molar-refractivity contribution >= 4 is 38.8 Å². The van der Waals surface area contributed by atoms with E-state index < -0.39 is 16.1 Å². The van der Waals surface area contributed by atoms with Crippen molar-refractivity contribution in [3.05, 3.63) is 58.3 Å². The van der Waals surface area contributed by atoms with Crippen molar-refractivity contribution < 1.29 is 0 Å². The maximum atomic E-state index is 3.45. The van der Waals surface area contributed by atoms with E-state index in [0.29, 0.717) is 0 Å². The first-order chi connectivity index (χ1) is 13.1. The summed E-state index contributed by atoms with van der Waals surface area (Å²) in [5.41, 5.74) is 9.40. The maximum Gasteiger partial charge on any atom is 0.129 e. The summed E-state index contributed by atoms with van der Waals surface area (Å²) in [6.07, 6.45) is 0. The van der Waals surface area contributed by atoms with Crippen molar-refractivity contribution in [1.82, 2.24) is 0 Å². The number of hydrogen-bond donors (Lipinski definition) is 0. The van der Waals surface area contributed by atoms with Crippen LogP contribution in [0.15, 0.2) is 48.5 Å². The largest absolute Gasteiger partial charge is 0.129 e. The van der Waals surface area contributed by atoms with Gasteiger partial charge < -0.3 is 0 Å². The summed E-state index contributed by atoms with van der Waals surface area (Å²) in [6, 6.07) is 17.5. The molecule has 0 aliphatic rings. The van der Waals surface area contributed by atoms with Crippen LogP contribution < -0.4 is 0 Å². The van der Waals surface area contributed by atoms with E-state index in [4.69, 9.17) is 0 Å². The number of thiophene rings is 2. The highest BCUT2D eigenvalue weighted by Gasteiger charge is 2.09. The minimum Gasteiger partial charge on any atom is -0.127 e. The first kappa shape index (κ1) is 20.9. The highest BCUT2D eigenvalue weighted by molar-refractivity contribution is 7.16. The average Bonchev–Trinajstić information content (AvgIpc) is 3.27. The third kappa shape index (κ3) is 6.09. The second-order valence-corrected chi connectivity index (χ2v) is 20.6. The first-order valence-corrected chi connectivity index (χ1v) is 18.1. The molecule has 0 aliphatic heterocycles. The highest BCUT2D eigenvalue weighted by atomic mass is 32.1. The van der Waals surface area contributed by atoms with Gasteiger partial charge >= 0.3 is 0 Å². The van der Waals surface area contributed by atoms with Gasteiger partial charge in [0.25, 0.3) is 0 Å². The molecule has 0 amide bonds. The molecule has 0 aliphatic carbocycles. The third-order valence-corrected chi connectivity index (χ3v) is 7.64. The quantitative estimate of drug-likeness (QED) is 0.288. The van der Waals surface area contributed by atoms with Crippen LogP contribution in [0.25, 0.3) is 20.9 Å². The van der Waals surface area contributed by atoms with Gasteiger partial charge in [-0.25, -0.2) is 0 Å². The number of benzene rings is 1. The Kier molecular flexibility index (Phi) is 6.17. The zero-order valence-corrected chi connectivity index (χ0v) is 21.1. The fourth-order valence-corrected chi connectivity index (χ4v) is 5.35. The molecule has 4 heteroatoms. The van der Waals surface area contributed by atoms with Crippen LogP contribution in [0, 0.1) is 22.9 Å². The molecule has 0 radical (unpaired) electrons. The monoisotopic (exact) mass is 434 g/mol. The van der Waals surface area contributed by atoms with Gasteiger partial charge in [0, 0.05) is 9.75 Å². The minimum atomic E-state index is -1.33. The lowest BCUT2D eigenvalue weighted by atomic mass is 10.1. The molecular formula is C24H26S2Si2. The van der Waals surface area contributed by atoms with Crippen molar-refractivity contribution in [2.75, 3.05) is 0 Å². The number of rotatable bonds is 2. The minimum absolute atomic E-state index is 1.16. The lowest BCUT2D eigenvalue weighted by Gasteiger charge is -2.02. The average molecular weight is 435 g/mol. The predicted octanol–water partition coefficient (Wildman–Crippen LogP) is 7.60. The maximum absolute atomic E-state index is 3.45. The molecule has 0 unspecified atom stereocenters. The highest BCUT2D eigenvalue weighted by Crippen LogP contribution is 2.32. The normalized spacial score (nSPS) is 11.4. The summed E-state index contributed by atoms with van der Waals surface area (Å²) in [4.78, 5) is 4.87. The lowest BCUT2D eigenvalue weighted by molar-refractivity contribution is 1.69. The molecule has 0 saturated carbocycles. The fraction of sp³-hybridized carbons (Fsp3) is 0.250. The number of hydrogen-bond acceptors (Lipinski definition) is 2. The Labute approximate surface area is 179 Å². The topological polar surface area (TPSA) is 0 Å². The fourth-order valence-electron chi connectivity index (χ4n) is 2.42. The second-order valence-electron chi connectivity index (χ2n) is 8.91. The van der Waals surface area contributed by atoms with Gasteiger partial charge in [-0.1, -0.05) is 75.4 Å². The Balaban J connectivity index is 1.77. The smallest absolute Gasteiger partial charge is 0.127 e. The van der Waals surface area contributed by atoms with Crippen LogP contribution in [-0.4, -0.2) is 16.1 Å². The summed E-state index contributed by atoms with van der Waals surface area (Å²) in [5, 5.41) is 0. The van der Waals surface area contributed by atoms with Crippen LogP contribution in [0.5, 0.6) is 0 Å². The van der Waals surface area contributed by atoms with Crippen LogP contribution in [0.3, 0.4) is 0 Å². The Morgan fingerprint density at radius 1 is 0.536 bits per heavy atom. The summed E-state index contributed by atoms with van der Waals surface area (Å²) < 4.78 is 0. The van der Waals surface area contributed by atoms with E-state index >= 15 is 0 Å². The van der Waals surface area contributed by atoms with Crippen molar-refractivity contribution in [1.29, 1.82) is 0 Å². The standard InChI is InChI=1S/C24H26S2Si2/c1-27(2,3)17-15-21-11-13-23(25-21)19-7-9-20(10-8-19)24-14-12-22(26-24)16-18-28(4,5)6/h7-14H,1-6H3. The Morgan fingerprint density at radius 3 is 1.21 bits per heavy atom. The van der Waals surface area contributed by atoms with Gasteiger partial charge in [-0.15, -0.1) is 33.8 Å². The Hall–Kier alpha value is -1.83. The zero-order chi connectivity index (χ0) is 20.4. The van der Waals surface area contributed by atoms with Gasteiger partial charge in [0.05, 0.1) is 9.75 Å². The molecule has 2 aromatic heterocycles. The van der Waals surface area contributed by atoms with Crippen molar-refractivity contribution in [2.24, 2.45) is 0 Å². The van der Waals surface area contributed by atoms with E-state index in [0.717, 1.165) is 9.75 Å². The van der Waals surface area contributed by atoms with E-state index in [-0.39, 0.29) is 0 Å². The molecular weight excluding hydrogens is 409 g/mol. The van der Waals surface area contributed by atoms with Gasteiger partial charge in [0.15, 0.2) is 0 Å². The second kappa shape index (κ2) is 8.27. The van der Waals surface area contributed by atoms with E-state index in [2.05, 4.69) is 111 Å². The SMILES string of the molecule is C[Si](C)(C)C#Cc1ccc(-c2ccc(-c3ccc(C#C[Si](C)(C)C)s3)cc2)s1. The van der Waals surface area contributed by atoms with Gasteiger partial charge in [-0.05, 0) is 35.4 Å². The van der Waals surface area contributed by atoms with Crippen molar-refractivity contribution in [2.45, 2.75) is 39.3 Å². The van der Waals surface area contributed by atoms with Crippen molar-refractivity contribution in [3.63, 3.8) is 0 Å². The molecule has 3 aromatic rings. The molecule has 3 rings (SSSR count). The van der Waals surface area contributed by atoms with Crippen molar-refractivity contribution in [3.8, 4) is 43.8 Å². The van der Waals surface area contributed by atoms with Crippen LogP contribution in [-0.2, 0) is 0 Å². The van der Waals surface area contributed by atoms with Crippen LogP contribution >= 0.6 is 22.7 Å². The van der Waals surface area contributed by atoms with Crippen LogP contribution in [0.4, 0.5) is 0 Å². The van der Waals surface area contributed by atoms with Crippen LogP contribution in [0.2, 0.25) is 39.3 Å². The van der Waals surface area contributed by atoms with E-state index in [1.165, 1.54) is 20.9 Å². The Bertz CT molecular complexity index is 991. The molecule has 28 heavy (non-hydrogen) atoms. The Morgan fingerprint density at radius 2 is 0.893 bits per heavy atom. The summed E-state index contributed by atoms with van der Waals surface area (Å²) in [6.45, 7) is 13.7. The molecule has 0 N–H and O–H groups in total. The molecule has 0 spiro atoms. The summed E-state index contributed by atoms with van der Waals surface area (Å²) >= 11 is 3.56. The molecule has 0 bridgehead atoms. The molecule has 0 nitrogen and oxygen atoms in total. The van der Waals surface area contributed by atoms with Gasteiger partial charge in [0.2, 0.25) is 0 Å². The predicted molar refractivity (Wildman–Crippen MR) is 134 cm³/mol. The lowest BCUT2D eigenvalue weighted by Crippen LogP contribution is -2.16. The van der Waals surface area contributed by atoms with Crippen LogP contribution in [0.1, 0.15) is 9.75 Å². The van der Waals surface area contributed by atoms with Gasteiger partial charge in [0.1, 0.15) is 16.1 Å². The van der Waals surface area contributed by atoms with E-state index in [9.17, 15) is 0 Å². The van der Waals surface area contributed by atoms with E-state index in [1.807, 2.05) is 0 Å². The van der Waals surface area contributed by atoms with E-state index in [1.54, 1.807) is 22.7 Å². The first-order valence-electron chi connectivity index (χ1n) is 9.46. The summed E-state index contributed by atoms with van der Waals surface area (Å²) in [5.74, 6) is 6.72. The molecule has 142 valence electrons. The third-order valence-electron chi connectivity index (χ3n) is 3.79. The molecule has 0 fully saturated rings. The zero-order valence-electron chi connectivity index (χ0n) is 17.4. The van der Waals surface area contributed by atoms with Gasteiger partial charge in [-0.2, -0.15) is 0 Å². The molecule has 2 heterocycles. The summed E-state index contributed by atoms with van der Waals surface area (Å²) in [7, 11) is -2.66. The van der Waals surface area contributed by atoms with Gasteiger partial charge in [-0.3, -0.25) is 0 Å². The molecule has 1 aromatic carbocycles. The molecule has 0 atom stereocenters. The molecule has 0 saturated heterocycles.